The lowest BCUT2D eigenvalue weighted by Crippen LogP contribution is -2.43. The topological polar surface area (TPSA) is 63.7 Å². The highest BCUT2D eigenvalue weighted by atomic mass is 35.5. The number of sulfone groups is 1. The van der Waals surface area contributed by atoms with Crippen LogP contribution in [0.1, 0.15) is 12.0 Å². The first-order valence-corrected chi connectivity index (χ1v) is 12.0. The van der Waals surface area contributed by atoms with Crippen molar-refractivity contribution >= 4 is 38.1 Å². The number of amides is 1. The fourth-order valence-corrected chi connectivity index (χ4v) is 5.75. The molecule has 1 aliphatic heterocycles. The van der Waals surface area contributed by atoms with E-state index in [0.717, 1.165) is 16.3 Å². The largest absolute Gasteiger partial charge is 0.484 e. The van der Waals surface area contributed by atoms with E-state index in [4.69, 9.17) is 16.3 Å². The van der Waals surface area contributed by atoms with Crippen molar-refractivity contribution in [2.24, 2.45) is 0 Å². The molecule has 1 fully saturated rings. The first kappa shape index (κ1) is 20.7. The highest BCUT2D eigenvalue weighted by Gasteiger charge is 2.35. The second-order valence-electron chi connectivity index (χ2n) is 7.46. The first-order valence-electron chi connectivity index (χ1n) is 9.76. The van der Waals surface area contributed by atoms with Crippen LogP contribution < -0.4 is 4.74 Å². The maximum Gasteiger partial charge on any atom is 0.261 e. The van der Waals surface area contributed by atoms with Gasteiger partial charge in [-0.25, -0.2) is 8.42 Å². The van der Waals surface area contributed by atoms with Gasteiger partial charge in [0.15, 0.2) is 16.4 Å². The SMILES string of the molecule is O=C(COc1cccc(Cl)c1)N(Cc1cccc2ccccc12)[C@H]1CCS(=O)(=O)C1. The number of ether oxygens (including phenoxy) is 1. The minimum atomic E-state index is -3.13. The predicted octanol–water partition coefficient (Wildman–Crippen LogP) is 4.09. The summed E-state index contributed by atoms with van der Waals surface area (Å²) >= 11 is 5.98. The maximum atomic E-state index is 13.1. The first-order chi connectivity index (χ1) is 14.4. The number of benzene rings is 3. The summed E-state index contributed by atoms with van der Waals surface area (Å²) in [7, 11) is -3.13. The summed E-state index contributed by atoms with van der Waals surface area (Å²) in [5, 5.41) is 2.65. The van der Waals surface area contributed by atoms with E-state index in [1.807, 2.05) is 42.5 Å². The molecule has 0 N–H and O–H groups in total. The molecule has 1 saturated heterocycles. The minimum absolute atomic E-state index is 0.0132. The number of carbonyl (C=O) groups excluding carboxylic acids is 1. The third-order valence-corrected chi connectivity index (χ3v) is 7.33. The van der Waals surface area contributed by atoms with Crippen molar-refractivity contribution in [1.82, 2.24) is 4.90 Å². The number of nitrogens with zero attached hydrogens (tertiary/aromatic N) is 1. The van der Waals surface area contributed by atoms with Crippen LogP contribution in [0.15, 0.2) is 66.7 Å². The average Bonchev–Trinajstić information content (AvgIpc) is 3.09. The number of carbonyl (C=O) groups is 1. The summed E-state index contributed by atoms with van der Waals surface area (Å²) in [6.07, 6.45) is 0.440. The molecule has 5 nitrogen and oxygen atoms in total. The zero-order valence-electron chi connectivity index (χ0n) is 16.3. The van der Waals surface area contributed by atoms with Crippen molar-refractivity contribution in [3.05, 3.63) is 77.3 Å². The molecule has 0 aliphatic carbocycles. The molecule has 7 heteroatoms. The number of fused-ring (bicyclic) bond motifs is 1. The van der Waals surface area contributed by atoms with Crippen LogP contribution in [0.2, 0.25) is 5.02 Å². The Hall–Kier alpha value is -2.57. The monoisotopic (exact) mass is 443 g/mol. The molecule has 30 heavy (non-hydrogen) atoms. The Bertz CT molecular complexity index is 1170. The van der Waals surface area contributed by atoms with E-state index in [1.165, 1.54) is 0 Å². The molecule has 1 atom stereocenters. The molecule has 1 heterocycles. The summed E-state index contributed by atoms with van der Waals surface area (Å²) in [4.78, 5) is 14.8. The van der Waals surface area contributed by atoms with Crippen LogP contribution in [0.25, 0.3) is 10.8 Å². The van der Waals surface area contributed by atoms with Crippen LogP contribution in [-0.4, -0.2) is 43.4 Å². The van der Waals surface area contributed by atoms with Crippen LogP contribution in [0, 0.1) is 0 Å². The molecule has 1 amide bonds. The van der Waals surface area contributed by atoms with E-state index in [-0.39, 0.29) is 30.1 Å². The molecular formula is C23H22ClNO4S. The zero-order valence-corrected chi connectivity index (χ0v) is 17.9. The number of rotatable bonds is 6. The van der Waals surface area contributed by atoms with Crippen molar-refractivity contribution < 1.29 is 17.9 Å². The minimum Gasteiger partial charge on any atom is -0.484 e. The quantitative estimate of drug-likeness (QED) is 0.575. The van der Waals surface area contributed by atoms with Gasteiger partial charge in [0.1, 0.15) is 5.75 Å². The lowest BCUT2D eigenvalue weighted by Gasteiger charge is -2.29. The Morgan fingerprint density at radius 2 is 1.83 bits per heavy atom. The summed E-state index contributed by atoms with van der Waals surface area (Å²) in [6, 6.07) is 20.4. The fraction of sp³-hybridized carbons (Fsp3) is 0.261. The van der Waals surface area contributed by atoms with Crippen LogP contribution in [0.4, 0.5) is 0 Å². The van der Waals surface area contributed by atoms with Crippen molar-refractivity contribution in [1.29, 1.82) is 0 Å². The highest BCUT2D eigenvalue weighted by Crippen LogP contribution is 2.25. The van der Waals surface area contributed by atoms with Crippen molar-refractivity contribution in [3.63, 3.8) is 0 Å². The van der Waals surface area contributed by atoms with Gasteiger partial charge in [-0.3, -0.25) is 4.79 Å². The van der Waals surface area contributed by atoms with Gasteiger partial charge in [0, 0.05) is 17.6 Å². The Labute approximate surface area is 181 Å². The molecule has 156 valence electrons. The number of hydrogen-bond acceptors (Lipinski definition) is 4. The highest BCUT2D eigenvalue weighted by molar-refractivity contribution is 7.91. The van der Waals surface area contributed by atoms with Crippen LogP contribution >= 0.6 is 11.6 Å². The van der Waals surface area contributed by atoms with E-state index >= 15 is 0 Å². The second-order valence-corrected chi connectivity index (χ2v) is 10.1. The molecule has 0 saturated carbocycles. The summed E-state index contributed by atoms with van der Waals surface area (Å²) in [6.45, 7) is 0.154. The van der Waals surface area contributed by atoms with Gasteiger partial charge in [0.2, 0.25) is 0 Å². The van der Waals surface area contributed by atoms with Crippen molar-refractivity contribution in [3.8, 4) is 5.75 Å². The summed E-state index contributed by atoms with van der Waals surface area (Å²) < 4.78 is 29.8. The lowest BCUT2D eigenvalue weighted by atomic mass is 10.0. The van der Waals surface area contributed by atoms with Gasteiger partial charge in [0.05, 0.1) is 11.5 Å². The maximum absolute atomic E-state index is 13.1. The normalized spacial score (nSPS) is 17.7. The van der Waals surface area contributed by atoms with Gasteiger partial charge in [-0.15, -0.1) is 0 Å². The van der Waals surface area contributed by atoms with E-state index in [2.05, 4.69) is 0 Å². The van der Waals surface area contributed by atoms with Crippen molar-refractivity contribution in [2.75, 3.05) is 18.1 Å². The van der Waals surface area contributed by atoms with Gasteiger partial charge >= 0.3 is 0 Å². The van der Waals surface area contributed by atoms with Crippen molar-refractivity contribution in [2.45, 2.75) is 19.0 Å². The smallest absolute Gasteiger partial charge is 0.261 e. The Morgan fingerprint density at radius 1 is 1.07 bits per heavy atom. The van der Waals surface area contributed by atoms with Gasteiger partial charge in [-0.1, -0.05) is 60.1 Å². The Morgan fingerprint density at radius 3 is 2.60 bits per heavy atom. The average molecular weight is 444 g/mol. The molecular weight excluding hydrogens is 422 g/mol. The lowest BCUT2D eigenvalue weighted by molar-refractivity contribution is -0.135. The Balaban J connectivity index is 1.58. The van der Waals surface area contributed by atoms with E-state index < -0.39 is 9.84 Å². The van der Waals surface area contributed by atoms with Crippen LogP contribution in [0.3, 0.4) is 0 Å². The molecule has 1 aliphatic rings. The molecule has 0 spiro atoms. The van der Waals surface area contributed by atoms with E-state index in [9.17, 15) is 13.2 Å². The molecule has 0 bridgehead atoms. The number of hydrogen-bond donors (Lipinski definition) is 0. The number of halogens is 1. The molecule has 3 aromatic carbocycles. The standard InChI is InChI=1S/C23H22ClNO4S/c24-19-8-4-9-21(13-19)29-15-23(26)25(20-11-12-30(27,28)16-20)14-18-7-3-6-17-5-1-2-10-22(17)18/h1-10,13,20H,11-12,14-16H2/t20-/m0/s1. The molecule has 0 aromatic heterocycles. The third kappa shape index (κ3) is 4.77. The van der Waals surface area contributed by atoms with Gasteiger partial charge in [-0.05, 0) is 41.0 Å². The van der Waals surface area contributed by atoms with Crippen LogP contribution in [0.5, 0.6) is 5.75 Å². The van der Waals surface area contributed by atoms with Gasteiger partial charge in [0.25, 0.3) is 5.91 Å². The zero-order chi connectivity index (χ0) is 21.1. The second kappa shape index (κ2) is 8.66. The summed E-state index contributed by atoms with van der Waals surface area (Å²) in [5.41, 5.74) is 0.980. The van der Waals surface area contributed by atoms with Crippen LogP contribution in [-0.2, 0) is 21.2 Å². The molecule has 0 radical (unpaired) electrons. The van der Waals surface area contributed by atoms with Gasteiger partial charge in [-0.2, -0.15) is 0 Å². The fourth-order valence-electron chi connectivity index (χ4n) is 3.84. The van der Waals surface area contributed by atoms with E-state index in [0.29, 0.717) is 23.7 Å². The molecule has 4 rings (SSSR count). The van der Waals surface area contributed by atoms with Gasteiger partial charge < -0.3 is 9.64 Å². The predicted molar refractivity (Wildman–Crippen MR) is 119 cm³/mol. The molecule has 3 aromatic rings. The third-order valence-electron chi connectivity index (χ3n) is 5.35. The van der Waals surface area contributed by atoms with E-state index in [1.54, 1.807) is 29.2 Å². The summed E-state index contributed by atoms with van der Waals surface area (Å²) in [5.74, 6) is 0.345. The molecule has 0 unspecified atom stereocenters. The Kier molecular flexibility index (Phi) is 5.97.